The normalized spacial score (nSPS) is 17.7. The first-order valence-electron chi connectivity index (χ1n) is 5.84. The lowest BCUT2D eigenvalue weighted by Crippen LogP contribution is -2.09. The minimum atomic E-state index is 0.533. The van der Waals surface area contributed by atoms with E-state index in [2.05, 4.69) is 17.1 Å². The molecule has 0 aliphatic heterocycles. The van der Waals surface area contributed by atoms with Crippen LogP contribution in [-0.4, -0.2) is 15.4 Å². The fourth-order valence-corrected chi connectivity index (χ4v) is 3.49. The molecule has 1 aliphatic rings. The summed E-state index contributed by atoms with van der Waals surface area (Å²) in [6, 6.07) is 0. The molecule has 0 radical (unpaired) electrons. The van der Waals surface area contributed by atoms with Crippen LogP contribution in [0.25, 0.3) is 0 Å². The maximum Gasteiger partial charge on any atom is 0.154 e. The molecule has 1 aliphatic carbocycles. The van der Waals surface area contributed by atoms with Crippen LogP contribution in [-0.2, 0) is 0 Å². The van der Waals surface area contributed by atoms with E-state index < -0.39 is 0 Å². The minimum Gasteiger partial charge on any atom is -0.142 e. The Morgan fingerprint density at radius 2 is 1.75 bits per heavy atom. The molecule has 1 aromatic rings. The third-order valence-corrected chi connectivity index (χ3v) is 5.03. The van der Waals surface area contributed by atoms with Crippen molar-refractivity contribution in [2.24, 2.45) is 0 Å². The Bertz CT molecular complexity index is 376. The third kappa shape index (κ3) is 2.69. The van der Waals surface area contributed by atoms with Gasteiger partial charge in [0, 0.05) is 5.25 Å². The molecule has 1 heterocycles. The zero-order valence-corrected chi connectivity index (χ0v) is 11.4. The first-order valence-corrected chi connectivity index (χ1v) is 7.10. The Kier molecular flexibility index (Phi) is 4.09. The molecule has 2 nitrogen and oxygen atoms in total. The summed E-state index contributed by atoms with van der Waals surface area (Å²) in [6.45, 7) is 4.10. The molecular weight excluding hydrogens is 240 g/mol. The molecule has 1 fully saturated rings. The molecule has 1 saturated carbocycles. The molecule has 2 rings (SSSR count). The van der Waals surface area contributed by atoms with Crippen LogP contribution in [0.2, 0.25) is 5.15 Å². The highest BCUT2D eigenvalue weighted by Crippen LogP contribution is 2.35. The maximum atomic E-state index is 5.95. The summed E-state index contributed by atoms with van der Waals surface area (Å²) < 4.78 is 0. The average molecular weight is 257 g/mol. The number of aromatic nitrogens is 2. The van der Waals surface area contributed by atoms with Crippen molar-refractivity contribution in [3.05, 3.63) is 16.3 Å². The summed E-state index contributed by atoms with van der Waals surface area (Å²) in [6.07, 6.45) is 6.73. The summed E-state index contributed by atoms with van der Waals surface area (Å²) in [5.74, 6) is 0. The number of hydrogen-bond acceptors (Lipinski definition) is 3. The Hall–Kier alpha value is -0.280. The van der Waals surface area contributed by atoms with Gasteiger partial charge < -0.3 is 0 Å². The summed E-state index contributed by atoms with van der Waals surface area (Å²) in [5.41, 5.74) is 2.26. The van der Waals surface area contributed by atoms with Gasteiger partial charge in [0.1, 0.15) is 5.03 Å². The molecule has 0 aromatic carbocycles. The molecular formula is C12H17ClN2S. The molecule has 0 unspecified atom stereocenters. The second-order valence-corrected chi connectivity index (χ2v) is 6.07. The predicted octanol–water partition coefficient (Wildman–Crippen LogP) is 4.17. The molecule has 1 aromatic heterocycles. The van der Waals surface area contributed by atoms with Crippen molar-refractivity contribution in [3.63, 3.8) is 0 Å². The van der Waals surface area contributed by atoms with Crippen molar-refractivity contribution in [2.45, 2.75) is 56.2 Å². The topological polar surface area (TPSA) is 25.8 Å². The first-order chi connectivity index (χ1) is 7.68. The van der Waals surface area contributed by atoms with Gasteiger partial charge >= 0.3 is 0 Å². The first kappa shape index (κ1) is 12.2. The minimum absolute atomic E-state index is 0.533. The van der Waals surface area contributed by atoms with Crippen molar-refractivity contribution < 1.29 is 0 Å². The second-order valence-electron chi connectivity index (χ2n) is 4.42. The van der Waals surface area contributed by atoms with Gasteiger partial charge in [-0.05, 0) is 37.8 Å². The van der Waals surface area contributed by atoms with Crippen LogP contribution < -0.4 is 0 Å². The van der Waals surface area contributed by atoms with E-state index in [4.69, 9.17) is 11.6 Å². The van der Waals surface area contributed by atoms with Crippen molar-refractivity contribution in [1.82, 2.24) is 10.2 Å². The van der Waals surface area contributed by atoms with Crippen molar-refractivity contribution in [1.29, 1.82) is 0 Å². The maximum absolute atomic E-state index is 5.95. The van der Waals surface area contributed by atoms with Crippen LogP contribution in [0.15, 0.2) is 5.03 Å². The summed E-state index contributed by atoms with van der Waals surface area (Å²) in [7, 11) is 0. The number of rotatable bonds is 2. The van der Waals surface area contributed by atoms with Crippen LogP contribution in [0.5, 0.6) is 0 Å². The van der Waals surface area contributed by atoms with E-state index in [0.29, 0.717) is 5.15 Å². The highest BCUT2D eigenvalue weighted by molar-refractivity contribution is 7.99. The molecule has 0 bridgehead atoms. The monoisotopic (exact) mass is 256 g/mol. The molecule has 0 amide bonds. The molecule has 0 spiro atoms. The molecule has 88 valence electrons. The molecule has 0 saturated heterocycles. The van der Waals surface area contributed by atoms with Crippen molar-refractivity contribution in [3.8, 4) is 0 Å². The molecule has 0 N–H and O–H groups in total. The van der Waals surface area contributed by atoms with Crippen molar-refractivity contribution >= 4 is 23.4 Å². The number of nitrogens with zero attached hydrogens (tertiary/aromatic N) is 2. The van der Waals surface area contributed by atoms with E-state index in [-0.39, 0.29) is 0 Å². The zero-order chi connectivity index (χ0) is 11.5. The van der Waals surface area contributed by atoms with E-state index in [0.717, 1.165) is 15.8 Å². The lowest BCUT2D eigenvalue weighted by atomic mass is 10.0. The van der Waals surface area contributed by atoms with Gasteiger partial charge in [-0.25, -0.2) is 0 Å². The van der Waals surface area contributed by atoms with Crippen LogP contribution >= 0.6 is 23.4 Å². The smallest absolute Gasteiger partial charge is 0.142 e. The number of hydrogen-bond donors (Lipinski definition) is 0. The van der Waals surface area contributed by atoms with Gasteiger partial charge in [-0.1, -0.05) is 30.9 Å². The summed E-state index contributed by atoms with van der Waals surface area (Å²) >= 11 is 7.83. The Balaban J connectivity index is 2.11. The van der Waals surface area contributed by atoms with Gasteiger partial charge in [-0.2, -0.15) is 0 Å². The highest BCUT2D eigenvalue weighted by Gasteiger charge is 2.17. The van der Waals surface area contributed by atoms with Gasteiger partial charge in [-0.3, -0.25) is 0 Å². The predicted molar refractivity (Wildman–Crippen MR) is 69.2 cm³/mol. The van der Waals surface area contributed by atoms with Crippen LogP contribution in [0.4, 0.5) is 0 Å². The lowest BCUT2D eigenvalue weighted by Gasteiger charge is -2.21. The Labute approximate surface area is 106 Å². The Morgan fingerprint density at radius 3 is 2.44 bits per heavy atom. The second kappa shape index (κ2) is 5.37. The van der Waals surface area contributed by atoms with E-state index in [1.54, 1.807) is 0 Å². The van der Waals surface area contributed by atoms with E-state index in [1.807, 2.05) is 18.7 Å². The highest BCUT2D eigenvalue weighted by atomic mass is 35.5. The van der Waals surface area contributed by atoms with Gasteiger partial charge in [0.2, 0.25) is 0 Å². The fourth-order valence-electron chi connectivity index (χ4n) is 2.01. The molecule has 16 heavy (non-hydrogen) atoms. The fraction of sp³-hybridized carbons (Fsp3) is 0.667. The van der Waals surface area contributed by atoms with E-state index in [1.165, 1.54) is 37.7 Å². The van der Waals surface area contributed by atoms with Gasteiger partial charge in [-0.15, -0.1) is 22.0 Å². The zero-order valence-electron chi connectivity index (χ0n) is 9.79. The van der Waals surface area contributed by atoms with Crippen LogP contribution in [0.1, 0.15) is 43.2 Å². The van der Waals surface area contributed by atoms with E-state index >= 15 is 0 Å². The molecule has 0 atom stereocenters. The van der Waals surface area contributed by atoms with Gasteiger partial charge in [0.25, 0.3) is 0 Å². The van der Waals surface area contributed by atoms with Gasteiger partial charge in [0.15, 0.2) is 5.15 Å². The lowest BCUT2D eigenvalue weighted by molar-refractivity contribution is 0.515. The Morgan fingerprint density at radius 1 is 1.06 bits per heavy atom. The van der Waals surface area contributed by atoms with Gasteiger partial charge in [0.05, 0.1) is 0 Å². The van der Waals surface area contributed by atoms with Crippen LogP contribution in [0, 0.1) is 13.8 Å². The van der Waals surface area contributed by atoms with Crippen molar-refractivity contribution in [2.75, 3.05) is 0 Å². The third-order valence-electron chi connectivity index (χ3n) is 3.25. The molecule has 4 heteroatoms. The standard InChI is InChI=1S/C12H17ClN2S/c1-8-9(2)12(15-14-11(8)13)16-10-6-4-3-5-7-10/h10H,3-7H2,1-2H3. The van der Waals surface area contributed by atoms with Crippen LogP contribution in [0.3, 0.4) is 0 Å². The summed E-state index contributed by atoms with van der Waals surface area (Å²) in [5, 5.41) is 10.5. The number of thioether (sulfide) groups is 1. The average Bonchev–Trinajstić information content (AvgIpc) is 2.31. The number of halogens is 1. The van der Waals surface area contributed by atoms with E-state index in [9.17, 15) is 0 Å². The quantitative estimate of drug-likeness (QED) is 0.794. The largest absolute Gasteiger partial charge is 0.154 e. The SMILES string of the molecule is Cc1c(Cl)nnc(SC2CCCCC2)c1C. The summed E-state index contributed by atoms with van der Waals surface area (Å²) in [4.78, 5) is 0.